The van der Waals surface area contributed by atoms with Gasteiger partial charge in [-0.25, -0.2) is 15.0 Å². The minimum absolute atomic E-state index is 0.0274. The predicted octanol–water partition coefficient (Wildman–Crippen LogP) is 2.45. The van der Waals surface area contributed by atoms with Crippen LogP contribution in [-0.4, -0.2) is 25.7 Å². The number of aryl methyl sites for hydroxylation is 1. The molecule has 2 N–H and O–H groups in total. The summed E-state index contributed by atoms with van der Waals surface area (Å²) in [5.74, 6) is 0. The zero-order valence-corrected chi connectivity index (χ0v) is 12.4. The van der Waals surface area contributed by atoms with Gasteiger partial charge in [0.15, 0.2) is 11.3 Å². The number of rotatable bonds is 3. The molecule has 23 heavy (non-hydrogen) atoms. The van der Waals surface area contributed by atoms with E-state index in [2.05, 4.69) is 15.0 Å². The Morgan fingerprint density at radius 3 is 2.70 bits per heavy atom. The Morgan fingerprint density at radius 2 is 2.04 bits per heavy atom. The lowest BCUT2D eigenvalue weighted by Crippen LogP contribution is -2.27. The molecule has 0 amide bonds. The lowest BCUT2D eigenvalue weighted by atomic mass is 10.3. The zero-order chi connectivity index (χ0) is 16.6. The van der Waals surface area contributed by atoms with Crippen LogP contribution in [0.2, 0.25) is 0 Å². The molecule has 120 valence electrons. The molecule has 10 heteroatoms. The Hall–Kier alpha value is -2.49. The average molecular weight is 341 g/mol. The fraction of sp³-hybridized carbons (Fsp3) is 0.231. The van der Waals surface area contributed by atoms with Gasteiger partial charge in [-0.3, -0.25) is 9.36 Å². The van der Waals surface area contributed by atoms with Crippen LogP contribution in [0.4, 0.5) is 18.9 Å². The first-order valence-electron chi connectivity index (χ1n) is 6.48. The van der Waals surface area contributed by atoms with Crippen molar-refractivity contribution in [3.05, 3.63) is 34.2 Å². The highest BCUT2D eigenvalue weighted by Gasteiger charge is 2.28. The van der Waals surface area contributed by atoms with Crippen molar-refractivity contribution in [3.8, 4) is 10.7 Å². The van der Waals surface area contributed by atoms with Crippen LogP contribution in [0.3, 0.4) is 0 Å². The molecular weight excluding hydrogens is 331 g/mol. The van der Waals surface area contributed by atoms with E-state index in [9.17, 15) is 18.0 Å². The molecule has 3 heterocycles. The van der Waals surface area contributed by atoms with E-state index in [0.29, 0.717) is 5.01 Å². The number of hydrogen-bond acceptors (Lipinski definition) is 6. The van der Waals surface area contributed by atoms with Gasteiger partial charge in [0.25, 0.3) is 5.56 Å². The number of pyridine rings is 1. The molecule has 3 aromatic heterocycles. The van der Waals surface area contributed by atoms with Gasteiger partial charge in [-0.1, -0.05) is 0 Å². The van der Waals surface area contributed by atoms with Gasteiger partial charge in [0.05, 0.1) is 12.1 Å². The number of aromatic nitrogens is 4. The van der Waals surface area contributed by atoms with Gasteiger partial charge >= 0.3 is 6.18 Å². The zero-order valence-electron chi connectivity index (χ0n) is 11.5. The number of hydrogen-bond donors (Lipinski definition) is 1. The number of alkyl halides is 3. The molecule has 0 aliphatic rings. The number of halogens is 3. The van der Waals surface area contributed by atoms with Crippen molar-refractivity contribution in [1.29, 1.82) is 0 Å². The van der Waals surface area contributed by atoms with Crippen LogP contribution in [0.15, 0.2) is 28.6 Å². The van der Waals surface area contributed by atoms with E-state index in [1.807, 2.05) is 0 Å². The van der Waals surface area contributed by atoms with Crippen LogP contribution in [-0.2, 0) is 6.54 Å². The van der Waals surface area contributed by atoms with E-state index in [1.54, 1.807) is 5.38 Å². The van der Waals surface area contributed by atoms with Crippen molar-refractivity contribution in [1.82, 2.24) is 19.5 Å². The summed E-state index contributed by atoms with van der Waals surface area (Å²) in [7, 11) is 0. The molecule has 0 saturated heterocycles. The molecule has 0 fully saturated rings. The van der Waals surface area contributed by atoms with Crippen molar-refractivity contribution < 1.29 is 13.2 Å². The van der Waals surface area contributed by atoms with Crippen molar-refractivity contribution in [2.75, 3.05) is 5.73 Å². The summed E-state index contributed by atoms with van der Waals surface area (Å²) < 4.78 is 38.6. The minimum atomic E-state index is -4.39. The van der Waals surface area contributed by atoms with Gasteiger partial charge in [0, 0.05) is 24.3 Å². The van der Waals surface area contributed by atoms with E-state index in [4.69, 9.17) is 5.73 Å². The molecule has 6 nitrogen and oxygen atoms in total. The molecule has 0 saturated carbocycles. The number of thiazole rings is 1. The Labute approximate surface area is 131 Å². The van der Waals surface area contributed by atoms with Crippen LogP contribution in [0.5, 0.6) is 0 Å². The third-order valence-electron chi connectivity index (χ3n) is 3.12. The Bertz CT molecular complexity index is 904. The highest BCUT2D eigenvalue weighted by Crippen LogP contribution is 2.24. The third-order valence-corrected chi connectivity index (χ3v) is 3.90. The number of nitrogens with two attached hydrogens (primary N) is 1. The topological polar surface area (TPSA) is 86.7 Å². The predicted molar refractivity (Wildman–Crippen MR) is 80.0 cm³/mol. The van der Waals surface area contributed by atoms with E-state index in [0.717, 1.165) is 4.57 Å². The monoisotopic (exact) mass is 341 g/mol. The summed E-state index contributed by atoms with van der Waals surface area (Å²) >= 11 is 1.17. The summed E-state index contributed by atoms with van der Waals surface area (Å²) in [6.07, 6.45) is -2.74. The fourth-order valence-corrected chi connectivity index (χ4v) is 2.70. The normalized spacial score (nSPS) is 12.0. The lowest BCUT2D eigenvalue weighted by molar-refractivity contribution is -0.136. The van der Waals surface area contributed by atoms with Crippen LogP contribution in [0.1, 0.15) is 6.42 Å². The quantitative estimate of drug-likeness (QED) is 0.791. The first kappa shape index (κ1) is 15.4. The minimum Gasteiger partial charge on any atom is -0.397 e. The summed E-state index contributed by atoms with van der Waals surface area (Å²) in [6, 6.07) is 1.47. The van der Waals surface area contributed by atoms with Gasteiger partial charge in [0.1, 0.15) is 10.5 Å². The van der Waals surface area contributed by atoms with E-state index < -0.39 is 24.7 Å². The van der Waals surface area contributed by atoms with Gasteiger partial charge in [0.2, 0.25) is 0 Å². The first-order valence-corrected chi connectivity index (χ1v) is 7.36. The second-order valence-electron chi connectivity index (χ2n) is 4.69. The number of nitrogens with zero attached hydrogens (tertiary/aromatic N) is 4. The second-order valence-corrected chi connectivity index (χ2v) is 5.59. The molecule has 0 spiro atoms. The Kier molecular flexibility index (Phi) is 3.76. The van der Waals surface area contributed by atoms with Crippen molar-refractivity contribution in [2.45, 2.75) is 19.1 Å². The summed E-state index contributed by atoms with van der Waals surface area (Å²) in [5, 5.41) is 1.97. The van der Waals surface area contributed by atoms with Crippen molar-refractivity contribution >= 4 is 28.2 Å². The first-order chi connectivity index (χ1) is 10.9. The molecule has 0 aromatic carbocycles. The fourth-order valence-electron chi connectivity index (χ4n) is 2.08. The molecule has 0 aliphatic heterocycles. The molecule has 3 rings (SSSR count). The van der Waals surface area contributed by atoms with E-state index in [1.165, 1.54) is 29.8 Å². The van der Waals surface area contributed by atoms with E-state index >= 15 is 0 Å². The standard InChI is InChI=1S/C13H10F3N5OS/c14-13(15,16)2-5-21-10-8(7(17)1-3-18-10)20-9(12(21)22)11-19-4-6-23-11/h1,3-4,6H,2,5H2,(H2,17,18). The van der Waals surface area contributed by atoms with E-state index in [-0.39, 0.29) is 22.5 Å². The molecule has 0 radical (unpaired) electrons. The largest absolute Gasteiger partial charge is 0.397 e. The molecule has 0 atom stereocenters. The maximum atomic E-state index is 12.5. The van der Waals surface area contributed by atoms with Gasteiger partial charge in [-0.15, -0.1) is 11.3 Å². The number of nitrogen functional groups attached to an aromatic ring is 1. The molecule has 0 bridgehead atoms. The Morgan fingerprint density at radius 1 is 1.26 bits per heavy atom. The summed E-state index contributed by atoms with van der Waals surface area (Å²) in [5.41, 5.74) is 5.56. The smallest absolute Gasteiger partial charge is 0.390 e. The SMILES string of the molecule is Nc1ccnc2c1nc(-c1nccs1)c(=O)n2CCC(F)(F)F. The van der Waals surface area contributed by atoms with Crippen LogP contribution >= 0.6 is 11.3 Å². The Balaban J connectivity index is 2.25. The highest BCUT2D eigenvalue weighted by molar-refractivity contribution is 7.13. The van der Waals surface area contributed by atoms with Crippen molar-refractivity contribution in [2.24, 2.45) is 0 Å². The van der Waals surface area contributed by atoms with Crippen LogP contribution in [0.25, 0.3) is 21.9 Å². The maximum Gasteiger partial charge on any atom is 0.390 e. The molecule has 0 aliphatic carbocycles. The molecule has 3 aromatic rings. The number of fused-ring (bicyclic) bond motifs is 1. The average Bonchev–Trinajstić information content (AvgIpc) is 2.99. The lowest BCUT2D eigenvalue weighted by Gasteiger charge is -2.12. The van der Waals surface area contributed by atoms with Gasteiger partial charge in [-0.2, -0.15) is 13.2 Å². The highest BCUT2D eigenvalue weighted by atomic mass is 32.1. The van der Waals surface area contributed by atoms with Crippen LogP contribution in [0, 0.1) is 0 Å². The maximum absolute atomic E-state index is 12.5. The van der Waals surface area contributed by atoms with Crippen LogP contribution < -0.4 is 11.3 Å². The van der Waals surface area contributed by atoms with Crippen molar-refractivity contribution in [3.63, 3.8) is 0 Å². The van der Waals surface area contributed by atoms with Gasteiger partial charge < -0.3 is 5.73 Å². The third kappa shape index (κ3) is 3.02. The van der Waals surface area contributed by atoms with Gasteiger partial charge in [-0.05, 0) is 6.07 Å². The summed E-state index contributed by atoms with van der Waals surface area (Å²) in [4.78, 5) is 24.7. The second kappa shape index (κ2) is 5.61. The summed E-state index contributed by atoms with van der Waals surface area (Å²) in [6.45, 7) is -0.559. The molecular formula is C13H10F3N5OS. The molecule has 0 unspecified atom stereocenters. The number of anilines is 1.